The Bertz CT molecular complexity index is 960. The fourth-order valence-corrected chi connectivity index (χ4v) is 5.34. The number of anilines is 2. The molecular weight excluding hydrogens is 388 g/mol. The lowest BCUT2D eigenvalue weighted by Gasteiger charge is -2.25. The molecule has 5 nitrogen and oxygen atoms in total. The Morgan fingerprint density at radius 2 is 1.96 bits per heavy atom. The van der Waals surface area contributed by atoms with Crippen molar-refractivity contribution in [3.05, 3.63) is 65.7 Å². The maximum absolute atomic E-state index is 13.1. The van der Waals surface area contributed by atoms with E-state index < -0.39 is 0 Å². The number of carbonyl (C=O) groups is 1. The van der Waals surface area contributed by atoms with Crippen molar-refractivity contribution in [2.45, 2.75) is 42.4 Å². The summed E-state index contributed by atoms with van der Waals surface area (Å²) in [4.78, 5) is 15.0. The molecule has 1 aliphatic heterocycles. The number of para-hydroxylation sites is 1. The van der Waals surface area contributed by atoms with Crippen LogP contribution in [-0.4, -0.2) is 27.4 Å². The van der Waals surface area contributed by atoms with Gasteiger partial charge in [-0.25, -0.2) is 0 Å². The first-order valence-electron chi connectivity index (χ1n) is 9.31. The van der Waals surface area contributed by atoms with Crippen LogP contribution in [0.5, 0.6) is 0 Å². The topological polar surface area (TPSA) is 58.1 Å². The molecule has 28 heavy (non-hydrogen) atoms. The quantitative estimate of drug-likeness (QED) is 0.602. The van der Waals surface area contributed by atoms with Gasteiger partial charge in [0.15, 0.2) is 4.34 Å². The van der Waals surface area contributed by atoms with Crippen LogP contribution in [0, 0.1) is 0 Å². The number of carbonyl (C=O) groups excluding carboxylic acids is 1. The summed E-state index contributed by atoms with van der Waals surface area (Å²) in [6, 6.07) is 18.5. The summed E-state index contributed by atoms with van der Waals surface area (Å²) in [6.07, 6.45) is 0.908. The first-order valence-corrected chi connectivity index (χ1v) is 11.0. The highest BCUT2D eigenvalue weighted by molar-refractivity contribution is 8.02. The Morgan fingerprint density at radius 1 is 1.21 bits per heavy atom. The van der Waals surface area contributed by atoms with Gasteiger partial charge in [0.2, 0.25) is 11.0 Å². The van der Waals surface area contributed by atoms with E-state index in [2.05, 4.69) is 40.6 Å². The summed E-state index contributed by atoms with van der Waals surface area (Å²) in [6.45, 7) is 4.75. The highest BCUT2D eigenvalue weighted by Gasteiger charge is 2.33. The van der Waals surface area contributed by atoms with Crippen LogP contribution < -0.4 is 10.2 Å². The van der Waals surface area contributed by atoms with Gasteiger partial charge in [-0.05, 0) is 37.5 Å². The van der Waals surface area contributed by atoms with Gasteiger partial charge in [-0.15, -0.1) is 10.2 Å². The van der Waals surface area contributed by atoms with Crippen molar-refractivity contribution in [2.75, 3.05) is 10.2 Å². The first-order chi connectivity index (χ1) is 13.6. The van der Waals surface area contributed by atoms with E-state index in [1.165, 1.54) is 34.2 Å². The molecule has 0 saturated heterocycles. The second kappa shape index (κ2) is 8.32. The van der Waals surface area contributed by atoms with Crippen LogP contribution in [-0.2, 0) is 17.8 Å². The fraction of sp³-hybridized carbons (Fsp3) is 0.286. The zero-order chi connectivity index (χ0) is 19.5. The molecule has 144 valence electrons. The van der Waals surface area contributed by atoms with Crippen LogP contribution in [0.4, 0.5) is 10.8 Å². The Balaban J connectivity index is 1.38. The van der Waals surface area contributed by atoms with Crippen LogP contribution in [0.1, 0.15) is 25.0 Å². The average molecular weight is 411 g/mol. The minimum atomic E-state index is -0.219. The fourth-order valence-electron chi connectivity index (χ4n) is 3.40. The van der Waals surface area contributed by atoms with E-state index in [-0.39, 0.29) is 17.2 Å². The summed E-state index contributed by atoms with van der Waals surface area (Å²) in [7, 11) is 0. The molecule has 0 fully saturated rings. The lowest BCUT2D eigenvalue weighted by Crippen LogP contribution is -2.40. The minimum absolute atomic E-state index is 0.122. The normalized spacial score (nSPS) is 16.6. The molecule has 0 saturated carbocycles. The number of hydrogen-bond donors (Lipinski definition) is 1. The van der Waals surface area contributed by atoms with E-state index in [1.54, 1.807) is 0 Å². The standard InChI is InChI=1S/C21H22N4OS2/c1-14-12-17-10-6-7-11-18(17)25(14)19(26)15(2)27-21-24-23-20(28-21)22-13-16-8-4-3-5-9-16/h3-11,14-15H,12-13H2,1-2H3,(H,22,23)/t14-,15+/m1/s1. The van der Waals surface area contributed by atoms with Gasteiger partial charge >= 0.3 is 0 Å². The lowest BCUT2D eigenvalue weighted by molar-refractivity contribution is -0.118. The number of thioether (sulfide) groups is 1. The van der Waals surface area contributed by atoms with E-state index in [9.17, 15) is 4.79 Å². The number of hydrogen-bond acceptors (Lipinski definition) is 6. The number of amides is 1. The van der Waals surface area contributed by atoms with Crippen LogP contribution in [0.2, 0.25) is 0 Å². The van der Waals surface area contributed by atoms with Crippen LogP contribution in [0.25, 0.3) is 0 Å². The van der Waals surface area contributed by atoms with Crippen LogP contribution >= 0.6 is 23.1 Å². The summed E-state index contributed by atoms with van der Waals surface area (Å²) < 4.78 is 0.802. The molecule has 2 heterocycles. The molecule has 7 heteroatoms. The van der Waals surface area contributed by atoms with Gasteiger partial charge < -0.3 is 10.2 Å². The molecule has 4 rings (SSSR count). The van der Waals surface area contributed by atoms with Crippen molar-refractivity contribution < 1.29 is 4.79 Å². The lowest BCUT2D eigenvalue weighted by atomic mass is 10.1. The molecule has 0 aliphatic carbocycles. The summed E-state index contributed by atoms with van der Waals surface area (Å²) in [5.74, 6) is 0.122. The van der Waals surface area contributed by atoms with E-state index in [0.29, 0.717) is 6.54 Å². The number of benzene rings is 2. The van der Waals surface area contributed by atoms with Crippen LogP contribution in [0.3, 0.4) is 0 Å². The zero-order valence-electron chi connectivity index (χ0n) is 15.8. The highest BCUT2D eigenvalue weighted by Crippen LogP contribution is 2.35. The van der Waals surface area contributed by atoms with E-state index in [4.69, 9.17) is 0 Å². The Kier molecular flexibility index (Phi) is 5.64. The second-order valence-corrected chi connectivity index (χ2v) is 9.43. The summed E-state index contributed by atoms with van der Waals surface area (Å²) in [5.41, 5.74) is 3.47. The highest BCUT2D eigenvalue weighted by atomic mass is 32.2. The molecule has 0 radical (unpaired) electrons. The van der Waals surface area contributed by atoms with E-state index in [0.717, 1.165) is 21.6 Å². The van der Waals surface area contributed by atoms with Gasteiger partial charge in [0.05, 0.1) is 5.25 Å². The number of aromatic nitrogens is 2. The maximum atomic E-state index is 13.1. The van der Waals surface area contributed by atoms with Crippen molar-refractivity contribution in [3.63, 3.8) is 0 Å². The van der Waals surface area contributed by atoms with E-state index >= 15 is 0 Å². The molecule has 2 aromatic carbocycles. The van der Waals surface area contributed by atoms with Gasteiger partial charge in [-0.1, -0.05) is 71.6 Å². The second-order valence-electron chi connectivity index (χ2n) is 6.86. The predicted octanol–water partition coefficient (Wildman–Crippen LogP) is 4.61. The third-order valence-electron chi connectivity index (χ3n) is 4.76. The van der Waals surface area contributed by atoms with Crippen molar-refractivity contribution >= 4 is 39.8 Å². The average Bonchev–Trinajstić information content (AvgIpc) is 3.29. The van der Waals surface area contributed by atoms with E-state index in [1.807, 2.05) is 48.2 Å². The van der Waals surface area contributed by atoms with Gasteiger partial charge in [0.1, 0.15) is 0 Å². The van der Waals surface area contributed by atoms with Crippen molar-refractivity contribution in [3.8, 4) is 0 Å². The van der Waals surface area contributed by atoms with Gasteiger partial charge in [0, 0.05) is 18.3 Å². The number of nitrogens with zero attached hydrogens (tertiary/aromatic N) is 3. The maximum Gasteiger partial charge on any atom is 0.240 e. The molecule has 3 aromatic rings. The van der Waals surface area contributed by atoms with Gasteiger partial charge in [-0.2, -0.15) is 0 Å². The molecule has 2 atom stereocenters. The third kappa shape index (κ3) is 4.05. The Morgan fingerprint density at radius 3 is 2.79 bits per heavy atom. The number of rotatable bonds is 6. The molecule has 0 spiro atoms. The third-order valence-corrected chi connectivity index (χ3v) is 6.82. The van der Waals surface area contributed by atoms with Gasteiger partial charge in [0.25, 0.3) is 0 Å². The van der Waals surface area contributed by atoms with Crippen molar-refractivity contribution in [1.82, 2.24) is 10.2 Å². The zero-order valence-corrected chi connectivity index (χ0v) is 17.5. The molecule has 1 N–H and O–H groups in total. The molecule has 0 bridgehead atoms. The van der Waals surface area contributed by atoms with Crippen LogP contribution in [0.15, 0.2) is 58.9 Å². The Hall–Kier alpha value is -2.38. The van der Waals surface area contributed by atoms with Crippen molar-refractivity contribution in [1.29, 1.82) is 0 Å². The summed E-state index contributed by atoms with van der Waals surface area (Å²) in [5, 5.41) is 12.3. The summed E-state index contributed by atoms with van der Waals surface area (Å²) >= 11 is 2.96. The molecular formula is C21H22N4OS2. The molecule has 1 aromatic heterocycles. The van der Waals surface area contributed by atoms with Gasteiger partial charge in [-0.3, -0.25) is 4.79 Å². The predicted molar refractivity (Wildman–Crippen MR) is 116 cm³/mol. The number of fused-ring (bicyclic) bond motifs is 1. The largest absolute Gasteiger partial charge is 0.356 e. The molecule has 1 amide bonds. The monoisotopic (exact) mass is 410 g/mol. The Labute approximate surface area is 173 Å². The minimum Gasteiger partial charge on any atom is -0.356 e. The number of nitrogens with one attached hydrogen (secondary N) is 1. The SMILES string of the molecule is C[C@H](Sc1nnc(NCc2ccccc2)s1)C(=O)N1c2ccccc2C[C@H]1C. The first kappa shape index (κ1) is 19.0. The molecule has 1 aliphatic rings. The smallest absolute Gasteiger partial charge is 0.240 e. The van der Waals surface area contributed by atoms with Crippen molar-refractivity contribution in [2.24, 2.45) is 0 Å². The molecule has 0 unspecified atom stereocenters.